The molecule has 0 aliphatic heterocycles. The van der Waals surface area contributed by atoms with Crippen molar-refractivity contribution in [1.29, 1.82) is 0 Å². The minimum Gasteiger partial charge on any atom is -0.461 e. The van der Waals surface area contributed by atoms with Crippen LogP contribution in [0, 0.1) is 13.8 Å². The number of carbonyl (C=O) groups excluding carboxylic acids is 1. The van der Waals surface area contributed by atoms with Crippen LogP contribution in [0.15, 0.2) is 53.4 Å². The van der Waals surface area contributed by atoms with Crippen molar-refractivity contribution < 1.29 is 9.53 Å². The molecule has 2 aromatic carbocycles. The summed E-state index contributed by atoms with van der Waals surface area (Å²) in [6.45, 7) is 5.98. The Morgan fingerprint density at radius 1 is 1.13 bits per heavy atom. The van der Waals surface area contributed by atoms with Crippen LogP contribution in [0.25, 0.3) is 16.8 Å². The normalized spacial score (nSPS) is 11.1. The summed E-state index contributed by atoms with van der Waals surface area (Å²) >= 11 is 7.80. The maximum atomic E-state index is 12.6. The molecule has 4 aromatic rings. The highest BCUT2D eigenvalue weighted by molar-refractivity contribution is 7.98. The second-order valence-corrected chi connectivity index (χ2v) is 8.51. The topological polar surface area (TPSA) is 69.4 Å². The van der Waals surface area contributed by atoms with Gasteiger partial charge in [0.15, 0.2) is 11.3 Å². The lowest BCUT2D eigenvalue weighted by molar-refractivity contribution is 0.0516. The number of nitrogens with zero attached hydrogens (tertiary/aromatic N) is 4. The van der Waals surface area contributed by atoms with E-state index in [0.717, 1.165) is 21.7 Å². The number of hydrogen-bond donors (Lipinski definition) is 0. The van der Waals surface area contributed by atoms with Crippen molar-refractivity contribution >= 4 is 35.0 Å². The zero-order chi connectivity index (χ0) is 22.0. The Hall–Kier alpha value is -2.90. The van der Waals surface area contributed by atoms with E-state index in [9.17, 15) is 4.79 Å². The predicted octanol–water partition coefficient (Wildman–Crippen LogP) is 5.53. The summed E-state index contributed by atoms with van der Waals surface area (Å²) < 4.78 is 6.91. The van der Waals surface area contributed by atoms with E-state index in [4.69, 9.17) is 21.4 Å². The van der Waals surface area contributed by atoms with Gasteiger partial charge in [-0.1, -0.05) is 41.4 Å². The molecule has 0 saturated heterocycles. The highest BCUT2D eigenvalue weighted by Crippen LogP contribution is 2.31. The molecule has 0 spiro atoms. The van der Waals surface area contributed by atoms with Crippen LogP contribution in [0.1, 0.15) is 34.4 Å². The van der Waals surface area contributed by atoms with Gasteiger partial charge in [-0.15, -0.1) is 22.0 Å². The quantitative estimate of drug-likeness (QED) is 0.283. The molecule has 0 N–H and O–H groups in total. The first-order valence-corrected chi connectivity index (χ1v) is 11.2. The lowest BCUT2D eigenvalue weighted by Gasteiger charge is -2.10. The van der Waals surface area contributed by atoms with Gasteiger partial charge < -0.3 is 4.74 Å². The van der Waals surface area contributed by atoms with E-state index < -0.39 is 5.97 Å². The average molecular weight is 453 g/mol. The Balaban J connectivity index is 1.83. The van der Waals surface area contributed by atoms with E-state index >= 15 is 0 Å². The van der Waals surface area contributed by atoms with E-state index in [0.29, 0.717) is 22.1 Å². The molecular formula is C23H21ClN4O2S. The van der Waals surface area contributed by atoms with E-state index in [2.05, 4.69) is 34.5 Å². The van der Waals surface area contributed by atoms with E-state index in [-0.39, 0.29) is 12.3 Å². The Morgan fingerprint density at radius 2 is 1.90 bits per heavy atom. The van der Waals surface area contributed by atoms with Crippen LogP contribution in [0.3, 0.4) is 0 Å². The molecule has 8 heteroatoms. The molecule has 31 heavy (non-hydrogen) atoms. The van der Waals surface area contributed by atoms with Crippen molar-refractivity contribution in [2.45, 2.75) is 31.4 Å². The van der Waals surface area contributed by atoms with Crippen LogP contribution in [-0.4, -0.2) is 32.4 Å². The summed E-state index contributed by atoms with van der Waals surface area (Å²) in [5, 5.41) is 13.9. The van der Waals surface area contributed by atoms with Crippen molar-refractivity contribution in [2.24, 2.45) is 0 Å². The number of benzene rings is 2. The fraction of sp³-hybridized carbons (Fsp3) is 0.217. The fourth-order valence-corrected chi connectivity index (χ4v) is 4.39. The van der Waals surface area contributed by atoms with Crippen LogP contribution >= 0.6 is 23.4 Å². The van der Waals surface area contributed by atoms with Gasteiger partial charge in [0, 0.05) is 15.7 Å². The molecule has 158 valence electrons. The third-order valence-corrected chi connectivity index (χ3v) is 6.05. The van der Waals surface area contributed by atoms with Crippen LogP contribution in [0.2, 0.25) is 5.02 Å². The zero-order valence-corrected chi connectivity index (χ0v) is 19.0. The number of esters is 1. The number of aromatic nitrogens is 4. The number of thioether (sulfide) groups is 1. The Kier molecular flexibility index (Phi) is 6.25. The first-order chi connectivity index (χ1) is 15.0. The number of hydrogen-bond acceptors (Lipinski definition) is 6. The van der Waals surface area contributed by atoms with Gasteiger partial charge in [0.2, 0.25) is 0 Å². The van der Waals surface area contributed by atoms with Crippen LogP contribution < -0.4 is 0 Å². The highest BCUT2D eigenvalue weighted by Gasteiger charge is 2.23. The third-order valence-electron chi connectivity index (χ3n) is 4.79. The van der Waals surface area contributed by atoms with Crippen LogP contribution in [0.5, 0.6) is 0 Å². The summed E-state index contributed by atoms with van der Waals surface area (Å²) in [4.78, 5) is 13.7. The van der Waals surface area contributed by atoms with Gasteiger partial charge >= 0.3 is 5.97 Å². The number of fused-ring (bicyclic) bond motifs is 1. The van der Waals surface area contributed by atoms with Crippen molar-refractivity contribution in [3.63, 3.8) is 0 Å². The Bertz CT molecular complexity index is 1250. The summed E-state index contributed by atoms with van der Waals surface area (Å²) in [7, 11) is 0. The predicted molar refractivity (Wildman–Crippen MR) is 123 cm³/mol. The zero-order valence-electron chi connectivity index (χ0n) is 17.4. The average Bonchev–Trinajstić information content (AvgIpc) is 3.09. The standard InChI is InChI=1S/C23H21ClN4O2S/c1-4-30-23(29)21-19(13-31-18-10-8-14(2)9-11-18)28-22(26-25-21)20(15(3)27-28)16-6-5-7-17(24)12-16/h5-12H,4,13H2,1-3H3. The molecule has 0 bridgehead atoms. The maximum Gasteiger partial charge on any atom is 0.360 e. The molecule has 0 atom stereocenters. The maximum absolute atomic E-state index is 12.6. The molecule has 0 fully saturated rings. The van der Waals surface area contributed by atoms with Gasteiger partial charge in [-0.2, -0.15) is 5.10 Å². The number of aryl methyl sites for hydroxylation is 2. The van der Waals surface area contributed by atoms with E-state index in [1.165, 1.54) is 5.56 Å². The van der Waals surface area contributed by atoms with Crippen molar-refractivity contribution in [1.82, 2.24) is 19.8 Å². The summed E-state index contributed by atoms with van der Waals surface area (Å²) in [5.74, 6) is -0.0202. The minimum absolute atomic E-state index is 0.175. The molecular weight excluding hydrogens is 432 g/mol. The second kappa shape index (κ2) is 9.08. The SMILES string of the molecule is CCOC(=O)c1nnc2c(-c3cccc(Cl)c3)c(C)nn2c1CSc1ccc(C)cc1. The largest absolute Gasteiger partial charge is 0.461 e. The minimum atomic E-state index is -0.506. The molecule has 0 amide bonds. The lowest BCUT2D eigenvalue weighted by Crippen LogP contribution is -2.16. The molecule has 0 aliphatic carbocycles. The van der Waals surface area contributed by atoms with Crippen molar-refractivity contribution in [3.8, 4) is 11.1 Å². The van der Waals surface area contributed by atoms with Gasteiger partial charge in [-0.25, -0.2) is 9.31 Å². The summed E-state index contributed by atoms with van der Waals surface area (Å²) in [6, 6.07) is 15.8. The highest BCUT2D eigenvalue weighted by atomic mass is 35.5. The number of rotatable bonds is 6. The first-order valence-electron chi connectivity index (χ1n) is 9.85. The van der Waals surface area contributed by atoms with Crippen molar-refractivity contribution in [2.75, 3.05) is 6.61 Å². The number of carbonyl (C=O) groups is 1. The van der Waals surface area contributed by atoms with Gasteiger partial charge in [-0.05, 0) is 50.6 Å². The smallest absolute Gasteiger partial charge is 0.360 e. The Morgan fingerprint density at radius 3 is 2.61 bits per heavy atom. The molecule has 0 aliphatic rings. The van der Waals surface area contributed by atoms with Gasteiger partial charge in [-0.3, -0.25) is 0 Å². The monoisotopic (exact) mass is 452 g/mol. The number of ether oxygens (including phenoxy) is 1. The molecule has 4 rings (SSSR count). The van der Waals surface area contributed by atoms with Gasteiger partial charge in [0.25, 0.3) is 0 Å². The Labute approximate surface area is 189 Å². The molecule has 0 saturated carbocycles. The van der Waals surface area contributed by atoms with Crippen molar-refractivity contribution in [3.05, 3.63) is 76.2 Å². The molecule has 6 nitrogen and oxygen atoms in total. The second-order valence-electron chi connectivity index (χ2n) is 7.02. The van der Waals surface area contributed by atoms with Crippen LogP contribution in [-0.2, 0) is 10.5 Å². The lowest BCUT2D eigenvalue weighted by atomic mass is 10.1. The first kappa shape index (κ1) is 21.3. The molecule has 0 unspecified atom stereocenters. The molecule has 2 aromatic heterocycles. The fourth-order valence-electron chi connectivity index (χ4n) is 3.31. The van der Waals surface area contributed by atoms with Gasteiger partial charge in [0.1, 0.15) is 0 Å². The molecule has 0 radical (unpaired) electrons. The van der Waals surface area contributed by atoms with E-state index in [1.807, 2.05) is 38.1 Å². The third kappa shape index (κ3) is 4.43. The molecule has 2 heterocycles. The summed E-state index contributed by atoms with van der Waals surface area (Å²) in [6.07, 6.45) is 0. The summed E-state index contributed by atoms with van der Waals surface area (Å²) in [5.41, 5.74) is 5.10. The van der Waals surface area contributed by atoms with E-state index in [1.54, 1.807) is 23.2 Å². The van der Waals surface area contributed by atoms with Crippen LogP contribution in [0.4, 0.5) is 0 Å². The van der Waals surface area contributed by atoms with Gasteiger partial charge in [0.05, 0.1) is 23.6 Å². The number of halogens is 1.